The SMILES string of the molecule is CS(=O)(=O)c1c(OCC2CC2)cccc1C(=O)O. The van der Waals surface area contributed by atoms with Gasteiger partial charge in [-0.05, 0) is 30.9 Å². The van der Waals surface area contributed by atoms with Crippen molar-refractivity contribution in [3.05, 3.63) is 23.8 Å². The van der Waals surface area contributed by atoms with E-state index in [2.05, 4.69) is 0 Å². The Morgan fingerprint density at radius 3 is 2.61 bits per heavy atom. The van der Waals surface area contributed by atoms with Crippen LogP contribution in [0.2, 0.25) is 0 Å². The number of sulfone groups is 1. The summed E-state index contributed by atoms with van der Waals surface area (Å²) >= 11 is 0. The molecule has 98 valence electrons. The first-order chi connectivity index (χ1) is 8.39. The molecule has 1 N–H and O–H groups in total. The highest BCUT2D eigenvalue weighted by atomic mass is 32.2. The lowest BCUT2D eigenvalue weighted by Crippen LogP contribution is -2.11. The van der Waals surface area contributed by atoms with Gasteiger partial charge in [0.05, 0.1) is 12.2 Å². The van der Waals surface area contributed by atoms with Gasteiger partial charge in [0.2, 0.25) is 0 Å². The predicted octanol–water partition coefficient (Wildman–Crippen LogP) is 1.58. The van der Waals surface area contributed by atoms with E-state index in [4.69, 9.17) is 9.84 Å². The second-order valence-electron chi connectivity index (χ2n) is 4.46. The van der Waals surface area contributed by atoms with Crippen LogP contribution in [0.1, 0.15) is 23.2 Å². The summed E-state index contributed by atoms with van der Waals surface area (Å²) in [5, 5.41) is 9.02. The first-order valence-corrected chi connectivity index (χ1v) is 7.48. The monoisotopic (exact) mass is 270 g/mol. The molecule has 0 aromatic heterocycles. The van der Waals surface area contributed by atoms with Gasteiger partial charge in [0.1, 0.15) is 10.6 Å². The molecule has 0 atom stereocenters. The van der Waals surface area contributed by atoms with E-state index in [1.807, 2.05) is 0 Å². The Bertz CT molecular complexity index is 572. The minimum atomic E-state index is -3.64. The van der Waals surface area contributed by atoms with Crippen LogP contribution in [0.5, 0.6) is 5.75 Å². The molecule has 0 unspecified atom stereocenters. The fourth-order valence-corrected chi connectivity index (χ4v) is 2.72. The Morgan fingerprint density at radius 1 is 1.44 bits per heavy atom. The molecule has 18 heavy (non-hydrogen) atoms. The van der Waals surface area contributed by atoms with Crippen LogP contribution < -0.4 is 4.74 Å². The van der Waals surface area contributed by atoms with Gasteiger partial charge in [0, 0.05) is 6.26 Å². The quantitative estimate of drug-likeness (QED) is 0.878. The highest BCUT2D eigenvalue weighted by Gasteiger charge is 2.26. The van der Waals surface area contributed by atoms with E-state index in [1.54, 1.807) is 0 Å². The smallest absolute Gasteiger partial charge is 0.337 e. The lowest BCUT2D eigenvalue weighted by Gasteiger charge is -2.12. The summed E-state index contributed by atoms with van der Waals surface area (Å²) in [4.78, 5) is 10.8. The summed E-state index contributed by atoms with van der Waals surface area (Å²) < 4.78 is 28.8. The van der Waals surface area contributed by atoms with Crippen LogP contribution in [0, 0.1) is 5.92 Å². The molecular formula is C12H14O5S. The largest absolute Gasteiger partial charge is 0.492 e. The molecule has 0 bridgehead atoms. The van der Waals surface area contributed by atoms with Gasteiger partial charge in [0.25, 0.3) is 0 Å². The average Bonchev–Trinajstić information content (AvgIpc) is 3.08. The lowest BCUT2D eigenvalue weighted by molar-refractivity contribution is 0.0691. The van der Waals surface area contributed by atoms with Crippen LogP contribution in [-0.4, -0.2) is 32.4 Å². The summed E-state index contributed by atoms with van der Waals surface area (Å²) in [7, 11) is -3.64. The van der Waals surface area contributed by atoms with Crippen LogP contribution in [0.3, 0.4) is 0 Å². The highest BCUT2D eigenvalue weighted by molar-refractivity contribution is 7.90. The van der Waals surface area contributed by atoms with Crippen molar-refractivity contribution in [1.29, 1.82) is 0 Å². The molecule has 1 fully saturated rings. The molecule has 1 aliphatic rings. The number of rotatable bonds is 5. The van der Waals surface area contributed by atoms with Gasteiger partial charge < -0.3 is 9.84 Å². The number of ether oxygens (including phenoxy) is 1. The van der Waals surface area contributed by atoms with Crippen molar-refractivity contribution in [3.8, 4) is 5.75 Å². The average molecular weight is 270 g/mol. The molecule has 1 aromatic carbocycles. The van der Waals surface area contributed by atoms with Crippen LogP contribution in [0.15, 0.2) is 23.1 Å². The number of carboxylic acids is 1. The van der Waals surface area contributed by atoms with Gasteiger partial charge in [0.15, 0.2) is 9.84 Å². The van der Waals surface area contributed by atoms with Crippen molar-refractivity contribution in [3.63, 3.8) is 0 Å². The summed E-state index contributed by atoms with van der Waals surface area (Å²) in [6, 6.07) is 4.24. The fraction of sp³-hybridized carbons (Fsp3) is 0.417. The zero-order chi connectivity index (χ0) is 13.3. The summed E-state index contributed by atoms with van der Waals surface area (Å²) in [5.74, 6) is -0.678. The number of hydrogen-bond donors (Lipinski definition) is 1. The van der Waals surface area contributed by atoms with Crippen molar-refractivity contribution in [2.24, 2.45) is 5.92 Å². The Labute approximate surface area is 105 Å². The molecule has 2 rings (SSSR count). The second kappa shape index (κ2) is 4.61. The van der Waals surface area contributed by atoms with E-state index in [-0.39, 0.29) is 16.2 Å². The molecule has 0 radical (unpaired) electrons. The van der Waals surface area contributed by atoms with Crippen LogP contribution in [-0.2, 0) is 9.84 Å². The van der Waals surface area contributed by atoms with E-state index >= 15 is 0 Å². The number of carbonyl (C=O) groups is 1. The Balaban J connectivity index is 2.43. The molecule has 0 heterocycles. The second-order valence-corrected chi connectivity index (χ2v) is 6.42. The molecule has 0 amide bonds. The maximum Gasteiger partial charge on any atom is 0.337 e. The van der Waals surface area contributed by atoms with Gasteiger partial charge in [-0.3, -0.25) is 0 Å². The normalized spacial score (nSPS) is 15.4. The molecule has 1 aliphatic carbocycles. The van der Waals surface area contributed by atoms with Gasteiger partial charge in [-0.25, -0.2) is 13.2 Å². The molecule has 5 nitrogen and oxygen atoms in total. The topological polar surface area (TPSA) is 80.7 Å². The molecule has 0 aliphatic heterocycles. The van der Waals surface area contributed by atoms with Gasteiger partial charge in [-0.2, -0.15) is 0 Å². The third-order valence-electron chi connectivity index (χ3n) is 2.75. The molecule has 1 aromatic rings. The number of aromatic carboxylic acids is 1. The molecule has 0 saturated heterocycles. The number of benzene rings is 1. The number of carboxylic acid groups (broad SMARTS) is 1. The number of hydrogen-bond acceptors (Lipinski definition) is 4. The molecule has 0 spiro atoms. The van der Waals surface area contributed by atoms with E-state index in [0.717, 1.165) is 19.1 Å². The van der Waals surface area contributed by atoms with E-state index in [1.165, 1.54) is 18.2 Å². The maximum absolute atomic E-state index is 11.7. The lowest BCUT2D eigenvalue weighted by atomic mass is 10.2. The van der Waals surface area contributed by atoms with Crippen molar-refractivity contribution in [1.82, 2.24) is 0 Å². The summed E-state index contributed by atoms with van der Waals surface area (Å²) in [6.07, 6.45) is 3.14. The van der Waals surface area contributed by atoms with E-state index in [0.29, 0.717) is 12.5 Å². The maximum atomic E-state index is 11.7. The van der Waals surface area contributed by atoms with Crippen LogP contribution in [0.25, 0.3) is 0 Å². The highest BCUT2D eigenvalue weighted by Crippen LogP contribution is 2.32. The van der Waals surface area contributed by atoms with Crippen molar-refractivity contribution in [2.45, 2.75) is 17.7 Å². The fourth-order valence-electron chi connectivity index (χ4n) is 1.67. The van der Waals surface area contributed by atoms with Crippen LogP contribution in [0.4, 0.5) is 0 Å². The zero-order valence-electron chi connectivity index (χ0n) is 9.92. The molecule has 6 heteroatoms. The van der Waals surface area contributed by atoms with Crippen molar-refractivity contribution in [2.75, 3.05) is 12.9 Å². The molecular weight excluding hydrogens is 256 g/mol. The summed E-state index contributed by atoms with van der Waals surface area (Å²) in [5.41, 5.74) is -0.245. The summed E-state index contributed by atoms with van der Waals surface area (Å²) in [6.45, 7) is 0.436. The molecule has 1 saturated carbocycles. The third kappa shape index (κ3) is 2.81. The zero-order valence-corrected chi connectivity index (χ0v) is 10.7. The Morgan fingerprint density at radius 2 is 2.11 bits per heavy atom. The Kier molecular flexibility index (Phi) is 3.30. The van der Waals surface area contributed by atoms with Crippen LogP contribution >= 0.6 is 0 Å². The van der Waals surface area contributed by atoms with E-state index in [9.17, 15) is 13.2 Å². The first-order valence-electron chi connectivity index (χ1n) is 5.58. The standard InChI is InChI=1S/C12H14O5S/c1-18(15,16)11-9(12(13)14)3-2-4-10(11)17-7-8-5-6-8/h2-4,8H,5-7H2,1H3,(H,13,14). The third-order valence-corrected chi connectivity index (χ3v) is 3.91. The minimum Gasteiger partial charge on any atom is -0.492 e. The van der Waals surface area contributed by atoms with Gasteiger partial charge in [-0.1, -0.05) is 6.07 Å². The van der Waals surface area contributed by atoms with Gasteiger partial charge in [-0.15, -0.1) is 0 Å². The van der Waals surface area contributed by atoms with E-state index < -0.39 is 15.8 Å². The minimum absolute atomic E-state index is 0.129. The Hall–Kier alpha value is -1.56. The van der Waals surface area contributed by atoms with Crippen molar-refractivity contribution < 1.29 is 23.1 Å². The first kappa shape index (κ1) is 12.9. The predicted molar refractivity (Wildman–Crippen MR) is 64.7 cm³/mol. The van der Waals surface area contributed by atoms with Crippen molar-refractivity contribution >= 4 is 15.8 Å². The van der Waals surface area contributed by atoms with Gasteiger partial charge >= 0.3 is 5.97 Å².